The number of nitrogens with zero attached hydrogens (tertiary/aromatic N) is 1. The van der Waals surface area contributed by atoms with Gasteiger partial charge in [-0.1, -0.05) is 6.92 Å². The second-order valence-electron chi connectivity index (χ2n) is 5.42. The topological polar surface area (TPSA) is 80.3 Å². The summed E-state index contributed by atoms with van der Waals surface area (Å²) in [7, 11) is -2.02. The number of methoxy groups -OCH3 is 1. The number of hydrogen-bond acceptors (Lipinski definition) is 5. The first-order valence-corrected chi connectivity index (χ1v) is 8.14. The van der Waals surface area contributed by atoms with Crippen LogP contribution in [0.15, 0.2) is 23.2 Å². The van der Waals surface area contributed by atoms with Crippen LogP contribution in [-0.4, -0.2) is 40.1 Å². The van der Waals surface area contributed by atoms with E-state index in [-0.39, 0.29) is 22.7 Å². The summed E-state index contributed by atoms with van der Waals surface area (Å²) in [5, 5.41) is 3.28. The van der Waals surface area contributed by atoms with Crippen LogP contribution in [0.1, 0.15) is 19.8 Å². The maximum atomic E-state index is 12.2. The summed E-state index contributed by atoms with van der Waals surface area (Å²) in [5.74, 6) is 0.397. The highest BCUT2D eigenvalue weighted by Gasteiger charge is 2.28. The van der Waals surface area contributed by atoms with Crippen LogP contribution < -0.4 is 14.8 Å². The lowest BCUT2D eigenvalue weighted by molar-refractivity contribution is 0.232. The van der Waals surface area contributed by atoms with E-state index >= 15 is 0 Å². The van der Waals surface area contributed by atoms with Crippen molar-refractivity contribution in [1.29, 1.82) is 0 Å². The Kier molecular flexibility index (Phi) is 6.40. The zero-order chi connectivity index (χ0) is 14.6. The van der Waals surface area contributed by atoms with Gasteiger partial charge < -0.3 is 10.1 Å². The Morgan fingerprint density at radius 3 is 2.57 bits per heavy atom. The van der Waals surface area contributed by atoms with Crippen molar-refractivity contribution in [2.75, 3.05) is 26.7 Å². The van der Waals surface area contributed by atoms with Crippen molar-refractivity contribution >= 4 is 22.4 Å². The Balaban J connectivity index is 0.00000220. The van der Waals surface area contributed by atoms with E-state index in [4.69, 9.17) is 4.74 Å². The number of nitrogens with one attached hydrogen (secondary N) is 2. The van der Waals surface area contributed by atoms with Crippen LogP contribution in [0.3, 0.4) is 0 Å². The van der Waals surface area contributed by atoms with Crippen LogP contribution in [0.2, 0.25) is 0 Å². The second kappa shape index (κ2) is 7.40. The fourth-order valence-corrected chi connectivity index (χ4v) is 3.35. The van der Waals surface area contributed by atoms with Crippen molar-refractivity contribution in [2.24, 2.45) is 5.41 Å². The third-order valence-electron chi connectivity index (χ3n) is 3.73. The quantitative estimate of drug-likeness (QED) is 0.844. The Bertz CT molecular complexity index is 542. The number of pyridine rings is 1. The standard InChI is InChI=1S/C13H21N3O3S.ClH/c1-13(5-7-14-8-6-13)10-16-20(17,18)11-3-4-12(19-2)15-9-11;/h3-4,9,14,16H,5-8,10H2,1-2H3;1H. The molecule has 21 heavy (non-hydrogen) atoms. The van der Waals surface area contributed by atoms with E-state index in [0.717, 1.165) is 25.9 Å². The van der Waals surface area contributed by atoms with Gasteiger partial charge in [-0.3, -0.25) is 0 Å². The molecule has 0 spiro atoms. The molecule has 0 radical (unpaired) electrons. The summed E-state index contributed by atoms with van der Waals surface area (Å²) in [6, 6.07) is 3.04. The van der Waals surface area contributed by atoms with Gasteiger partial charge in [-0.15, -0.1) is 12.4 Å². The normalized spacial score (nSPS) is 17.8. The summed E-state index contributed by atoms with van der Waals surface area (Å²) in [6.45, 7) is 4.43. The number of ether oxygens (including phenoxy) is 1. The molecule has 1 aromatic heterocycles. The molecule has 0 atom stereocenters. The summed E-state index contributed by atoms with van der Waals surface area (Å²) in [5.41, 5.74) is 0.0121. The average molecular weight is 336 g/mol. The summed E-state index contributed by atoms with van der Waals surface area (Å²) in [6.07, 6.45) is 3.25. The zero-order valence-corrected chi connectivity index (χ0v) is 13.9. The molecular weight excluding hydrogens is 314 g/mol. The van der Waals surface area contributed by atoms with Crippen molar-refractivity contribution in [3.05, 3.63) is 18.3 Å². The number of hydrogen-bond donors (Lipinski definition) is 2. The van der Waals surface area contributed by atoms with Crippen molar-refractivity contribution in [2.45, 2.75) is 24.7 Å². The van der Waals surface area contributed by atoms with E-state index in [1.54, 1.807) is 6.07 Å². The predicted octanol–water partition coefficient (Wildman–Crippen LogP) is 1.18. The van der Waals surface area contributed by atoms with Gasteiger partial charge in [0.25, 0.3) is 0 Å². The smallest absolute Gasteiger partial charge is 0.242 e. The number of rotatable bonds is 5. The summed E-state index contributed by atoms with van der Waals surface area (Å²) in [4.78, 5) is 4.09. The van der Waals surface area contributed by atoms with E-state index in [0.29, 0.717) is 12.4 Å². The number of aromatic nitrogens is 1. The van der Waals surface area contributed by atoms with Crippen LogP contribution in [0.5, 0.6) is 5.88 Å². The molecule has 8 heteroatoms. The average Bonchev–Trinajstić information content (AvgIpc) is 2.46. The maximum Gasteiger partial charge on any atom is 0.242 e. The minimum absolute atomic E-state index is 0. The lowest BCUT2D eigenvalue weighted by Gasteiger charge is -2.34. The van der Waals surface area contributed by atoms with Crippen LogP contribution in [0, 0.1) is 5.41 Å². The largest absolute Gasteiger partial charge is 0.481 e. The molecule has 1 fully saturated rings. The van der Waals surface area contributed by atoms with E-state index in [2.05, 4.69) is 21.9 Å². The zero-order valence-electron chi connectivity index (χ0n) is 12.3. The fourth-order valence-electron chi connectivity index (χ4n) is 2.21. The molecule has 2 rings (SSSR count). The third-order valence-corrected chi connectivity index (χ3v) is 5.11. The molecule has 1 aliphatic rings. The fraction of sp³-hybridized carbons (Fsp3) is 0.615. The van der Waals surface area contributed by atoms with Crippen molar-refractivity contribution < 1.29 is 13.2 Å². The molecule has 0 amide bonds. The highest BCUT2D eigenvalue weighted by atomic mass is 35.5. The van der Waals surface area contributed by atoms with Gasteiger partial charge in [0, 0.05) is 12.6 Å². The molecule has 0 unspecified atom stereocenters. The maximum absolute atomic E-state index is 12.2. The minimum atomic E-state index is -3.51. The first-order valence-electron chi connectivity index (χ1n) is 6.66. The Morgan fingerprint density at radius 2 is 2.05 bits per heavy atom. The number of piperidine rings is 1. The van der Waals surface area contributed by atoms with Crippen LogP contribution in [0.25, 0.3) is 0 Å². The molecule has 120 valence electrons. The van der Waals surface area contributed by atoms with Crippen molar-refractivity contribution in [3.63, 3.8) is 0 Å². The van der Waals surface area contributed by atoms with E-state index in [1.807, 2.05) is 0 Å². The van der Waals surface area contributed by atoms with Crippen LogP contribution in [0.4, 0.5) is 0 Å². The van der Waals surface area contributed by atoms with Gasteiger partial charge >= 0.3 is 0 Å². The van der Waals surface area contributed by atoms with Crippen LogP contribution in [-0.2, 0) is 10.0 Å². The van der Waals surface area contributed by atoms with Gasteiger partial charge in [0.05, 0.1) is 13.3 Å². The lowest BCUT2D eigenvalue weighted by Crippen LogP contribution is -2.42. The molecular formula is C13H22ClN3O3S. The summed E-state index contributed by atoms with van der Waals surface area (Å²) >= 11 is 0. The molecule has 1 saturated heterocycles. The SMILES string of the molecule is COc1ccc(S(=O)(=O)NCC2(C)CCNCC2)cn1.Cl. The van der Waals surface area contributed by atoms with Gasteiger partial charge in [-0.2, -0.15) is 0 Å². The van der Waals surface area contributed by atoms with E-state index in [1.165, 1.54) is 19.4 Å². The Labute approximate surface area is 132 Å². The second-order valence-corrected chi connectivity index (χ2v) is 7.19. The Morgan fingerprint density at radius 1 is 1.38 bits per heavy atom. The summed E-state index contributed by atoms with van der Waals surface area (Å²) < 4.78 is 32.0. The van der Waals surface area contributed by atoms with Crippen LogP contribution >= 0.6 is 12.4 Å². The highest BCUT2D eigenvalue weighted by molar-refractivity contribution is 7.89. The Hall–Kier alpha value is -0.890. The molecule has 1 aromatic rings. The molecule has 0 bridgehead atoms. The van der Waals surface area contributed by atoms with Gasteiger partial charge in [0.15, 0.2) is 0 Å². The molecule has 0 saturated carbocycles. The molecule has 2 N–H and O–H groups in total. The van der Waals surface area contributed by atoms with E-state index in [9.17, 15) is 8.42 Å². The first-order chi connectivity index (χ1) is 9.45. The molecule has 2 heterocycles. The third kappa shape index (κ3) is 4.81. The highest BCUT2D eigenvalue weighted by Crippen LogP contribution is 2.27. The predicted molar refractivity (Wildman–Crippen MR) is 83.4 cm³/mol. The monoisotopic (exact) mass is 335 g/mol. The lowest BCUT2D eigenvalue weighted by atomic mass is 9.81. The number of sulfonamides is 1. The van der Waals surface area contributed by atoms with Gasteiger partial charge in [0.2, 0.25) is 15.9 Å². The molecule has 6 nitrogen and oxygen atoms in total. The van der Waals surface area contributed by atoms with E-state index < -0.39 is 10.0 Å². The molecule has 1 aliphatic heterocycles. The molecule has 0 aromatic carbocycles. The van der Waals surface area contributed by atoms with Gasteiger partial charge in [-0.05, 0) is 37.4 Å². The molecule has 0 aliphatic carbocycles. The van der Waals surface area contributed by atoms with Gasteiger partial charge in [-0.25, -0.2) is 18.1 Å². The number of halogens is 1. The minimum Gasteiger partial charge on any atom is -0.481 e. The first kappa shape index (κ1) is 18.2. The van der Waals surface area contributed by atoms with Crippen molar-refractivity contribution in [1.82, 2.24) is 15.0 Å². The van der Waals surface area contributed by atoms with Gasteiger partial charge in [0.1, 0.15) is 4.90 Å². The van der Waals surface area contributed by atoms with Crippen molar-refractivity contribution in [3.8, 4) is 5.88 Å².